The van der Waals surface area contributed by atoms with Gasteiger partial charge >= 0.3 is 0 Å². The molecule has 72 valence electrons. The number of likely N-dealkylation sites (N-methyl/N-ethyl adjacent to an activating group) is 1. The van der Waals surface area contributed by atoms with Gasteiger partial charge in [0.15, 0.2) is 0 Å². The van der Waals surface area contributed by atoms with E-state index in [2.05, 4.69) is 4.90 Å². The van der Waals surface area contributed by atoms with E-state index in [-0.39, 0.29) is 5.82 Å². The summed E-state index contributed by atoms with van der Waals surface area (Å²) in [5.74, 6) is -0.141. The van der Waals surface area contributed by atoms with Crippen LogP contribution in [-0.4, -0.2) is 13.6 Å². The van der Waals surface area contributed by atoms with Gasteiger partial charge in [-0.1, -0.05) is 19.9 Å². The number of hydrogen-bond donors (Lipinski definition) is 0. The summed E-state index contributed by atoms with van der Waals surface area (Å²) in [6, 6.07) is 4.99. The second-order valence-electron chi connectivity index (χ2n) is 2.94. The van der Waals surface area contributed by atoms with Crippen LogP contribution in [0.2, 0.25) is 0 Å². The molecule has 0 aliphatic carbocycles. The van der Waals surface area contributed by atoms with Crippen LogP contribution in [0, 0.1) is 5.82 Å². The molecule has 0 saturated heterocycles. The number of nitrogens with zero attached hydrogens (tertiary/aromatic N) is 1. The minimum absolute atomic E-state index is 0.141. The van der Waals surface area contributed by atoms with Crippen molar-refractivity contribution in [1.82, 2.24) is 0 Å². The summed E-state index contributed by atoms with van der Waals surface area (Å²) < 4.78 is 12.7. The molecule has 1 nitrogen and oxygen atoms in total. The minimum atomic E-state index is -0.141. The van der Waals surface area contributed by atoms with E-state index in [0.29, 0.717) is 0 Å². The second-order valence-corrected chi connectivity index (χ2v) is 2.94. The maximum atomic E-state index is 12.7. The zero-order valence-corrected chi connectivity index (χ0v) is 8.47. The molecule has 0 saturated carbocycles. The van der Waals surface area contributed by atoms with E-state index in [1.165, 1.54) is 11.6 Å². The number of fused-ring (bicyclic) bond motifs is 1. The maximum Gasteiger partial charge on any atom is 0.125 e. The van der Waals surface area contributed by atoms with Gasteiger partial charge in [-0.25, -0.2) is 4.39 Å². The van der Waals surface area contributed by atoms with Crippen LogP contribution in [0.15, 0.2) is 18.2 Å². The largest absolute Gasteiger partial charge is 0.374 e. The highest BCUT2D eigenvalue weighted by Gasteiger charge is 2.15. The third-order valence-corrected chi connectivity index (χ3v) is 2.18. The van der Waals surface area contributed by atoms with Crippen molar-refractivity contribution >= 4 is 5.69 Å². The predicted octanol–water partition coefficient (Wildman–Crippen LogP) is 2.84. The van der Waals surface area contributed by atoms with Gasteiger partial charge in [0.1, 0.15) is 5.82 Å². The Morgan fingerprint density at radius 1 is 1.31 bits per heavy atom. The van der Waals surface area contributed by atoms with Crippen molar-refractivity contribution in [3.05, 3.63) is 29.6 Å². The molecule has 0 unspecified atom stereocenters. The lowest BCUT2D eigenvalue weighted by Crippen LogP contribution is -2.12. The van der Waals surface area contributed by atoms with Gasteiger partial charge in [0.2, 0.25) is 0 Å². The fourth-order valence-electron chi connectivity index (χ4n) is 1.51. The Morgan fingerprint density at radius 3 is 2.69 bits per heavy atom. The Morgan fingerprint density at radius 2 is 2.00 bits per heavy atom. The van der Waals surface area contributed by atoms with Crippen molar-refractivity contribution in [2.24, 2.45) is 0 Å². The number of anilines is 1. The molecular formula is C11H16FN. The summed E-state index contributed by atoms with van der Waals surface area (Å²) in [6.45, 7) is 5.01. The molecule has 0 atom stereocenters. The first-order valence-electron chi connectivity index (χ1n) is 4.77. The normalized spacial score (nSPS) is 13.4. The van der Waals surface area contributed by atoms with Crippen molar-refractivity contribution in [2.45, 2.75) is 20.3 Å². The van der Waals surface area contributed by atoms with Gasteiger partial charge in [-0.3, -0.25) is 0 Å². The van der Waals surface area contributed by atoms with E-state index in [1.807, 2.05) is 27.0 Å². The first kappa shape index (κ1) is 10.0. The monoisotopic (exact) mass is 181 g/mol. The van der Waals surface area contributed by atoms with Crippen LogP contribution in [0.25, 0.3) is 0 Å². The highest BCUT2D eigenvalue weighted by molar-refractivity contribution is 5.57. The molecule has 2 rings (SSSR count). The molecule has 0 bridgehead atoms. The van der Waals surface area contributed by atoms with E-state index in [9.17, 15) is 4.39 Å². The highest BCUT2D eigenvalue weighted by atomic mass is 19.1. The Balaban J connectivity index is 0.000000396. The molecule has 1 aliphatic rings. The van der Waals surface area contributed by atoms with Crippen molar-refractivity contribution < 1.29 is 4.39 Å². The zero-order valence-electron chi connectivity index (χ0n) is 8.47. The number of halogens is 1. The highest BCUT2D eigenvalue weighted by Crippen LogP contribution is 2.26. The van der Waals surface area contributed by atoms with Gasteiger partial charge in [0, 0.05) is 19.3 Å². The molecule has 0 radical (unpaired) electrons. The predicted molar refractivity (Wildman–Crippen MR) is 54.7 cm³/mol. The number of hydrogen-bond acceptors (Lipinski definition) is 1. The van der Waals surface area contributed by atoms with Crippen molar-refractivity contribution in [2.75, 3.05) is 18.5 Å². The fraction of sp³-hybridized carbons (Fsp3) is 0.455. The summed E-state index contributed by atoms with van der Waals surface area (Å²) >= 11 is 0. The Kier molecular flexibility index (Phi) is 3.29. The minimum Gasteiger partial charge on any atom is -0.374 e. The molecule has 0 aromatic heterocycles. The third kappa shape index (κ3) is 2.00. The van der Waals surface area contributed by atoms with Gasteiger partial charge in [-0.2, -0.15) is 0 Å². The van der Waals surface area contributed by atoms with Crippen molar-refractivity contribution in [3.63, 3.8) is 0 Å². The molecule has 1 aliphatic heterocycles. The maximum absolute atomic E-state index is 12.7. The summed E-state index contributed by atoms with van der Waals surface area (Å²) in [6.07, 6.45) is 1.05. The van der Waals surface area contributed by atoms with Crippen LogP contribution >= 0.6 is 0 Å². The first-order chi connectivity index (χ1) is 6.27. The van der Waals surface area contributed by atoms with Gasteiger partial charge in [0.25, 0.3) is 0 Å². The Labute approximate surface area is 79.2 Å². The van der Waals surface area contributed by atoms with Crippen LogP contribution in [0.1, 0.15) is 19.4 Å². The molecule has 1 aromatic carbocycles. The summed E-state index contributed by atoms with van der Waals surface area (Å²) in [7, 11) is 1.99. The zero-order chi connectivity index (χ0) is 9.84. The Bertz CT molecular complexity index is 283. The van der Waals surface area contributed by atoms with E-state index >= 15 is 0 Å². The summed E-state index contributed by atoms with van der Waals surface area (Å²) in [5.41, 5.74) is 2.30. The summed E-state index contributed by atoms with van der Waals surface area (Å²) in [4.78, 5) is 2.08. The van der Waals surface area contributed by atoms with Gasteiger partial charge < -0.3 is 4.90 Å². The van der Waals surface area contributed by atoms with Crippen LogP contribution in [0.3, 0.4) is 0 Å². The lowest BCUT2D eigenvalue weighted by molar-refractivity contribution is 0.627. The molecule has 1 aromatic rings. The molecule has 0 fully saturated rings. The molecule has 2 heteroatoms. The van der Waals surface area contributed by atoms with Crippen LogP contribution in [-0.2, 0) is 6.42 Å². The first-order valence-corrected chi connectivity index (χ1v) is 4.77. The second kappa shape index (κ2) is 4.26. The lowest BCUT2D eigenvalue weighted by Gasteiger charge is -2.10. The number of benzene rings is 1. The molecule has 0 amide bonds. The van der Waals surface area contributed by atoms with Crippen LogP contribution in [0.4, 0.5) is 10.1 Å². The standard InChI is InChI=1S/C9H10FN.C2H6/c1-11-5-4-7-2-3-8(10)6-9(7)11;1-2/h2-3,6H,4-5H2,1H3;1-2H3. The average molecular weight is 181 g/mol. The van der Waals surface area contributed by atoms with E-state index < -0.39 is 0 Å². The SMILES string of the molecule is CC.CN1CCc2ccc(F)cc21. The van der Waals surface area contributed by atoms with Gasteiger partial charge in [-0.15, -0.1) is 0 Å². The van der Waals surface area contributed by atoms with E-state index in [4.69, 9.17) is 0 Å². The molecule has 1 heterocycles. The molecule has 0 spiro atoms. The fourth-order valence-corrected chi connectivity index (χ4v) is 1.51. The van der Waals surface area contributed by atoms with Gasteiger partial charge in [0.05, 0.1) is 0 Å². The molecule has 0 N–H and O–H groups in total. The Hall–Kier alpha value is -1.05. The number of rotatable bonds is 0. The third-order valence-electron chi connectivity index (χ3n) is 2.18. The van der Waals surface area contributed by atoms with Crippen LogP contribution in [0.5, 0.6) is 0 Å². The van der Waals surface area contributed by atoms with E-state index in [1.54, 1.807) is 6.07 Å². The summed E-state index contributed by atoms with van der Waals surface area (Å²) in [5, 5.41) is 0. The van der Waals surface area contributed by atoms with Gasteiger partial charge in [-0.05, 0) is 24.1 Å². The van der Waals surface area contributed by atoms with Crippen molar-refractivity contribution in [1.29, 1.82) is 0 Å². The molecule has 13 heavy (non-hydrogen) atoms. The average Bonchev–Trinajstić information content (AvgIpc) is 2.52. The quantitative estimate of drug-likeness (QED) is 0.595. The van der Waals surface area contributed by atoms with Crippen LogP contribution < -0.4 is 4.90 Å². The molecular weight excluding hydrogens is 165 g/mol. The van der Waals surface area contributed by atoms with Crippen molar-refractivity contribution in [3.8, 4) is 0 Å². The lowest BCUT2D eigenvalue weighted by atomic mass is 10.2. The van der Waals surface area contributed by atoms with E-state index in [0.717, 1.165) is 18.7 Å². The topological polar surface area (TPSA) is 3.24 Å². The smallest absolute Gasteiger partial charge is 0.125 e.